The lowest BCUT2D eigenvalue weighted by molar-refractivity contribution is 0.0382. The summed E-state index contributed by atoms with van der Waals surface area (Å²) in [5, 5.41) is 3.36. The van der Waals surface area contributed by atoms with Gasteiger partial charge < -0.3 is 10.1 Å². The second-order valence-electron chi connectivity index (χ2n) is 4.65. The second-order valence-corrected chi connectivity index (χ2v) is 4.65. The van der Waals surface area contributed by atoms with Gasteiger partial charge >= 0.3 is 0 Å². The van der Waals surface area contributed by atoms with E-state index in [4.69, 9.17) is 4.74 Å². The van der Waals surface area contributed by atoms with Crippen LogP contribution in [-0.4, -0.2) is 44.3 Å². The van der Waals surface area contributed by atoms with Gasteiger partial charge in [-0.25, -0.2) is 4.39 Å². The van der Waals surface area contributed by atoms with Gasteiger partial charge in [0, 0.05) is 37.8 Å². The summed E-state index contributed by atoms with van der Waals surface area (Å²) >= 11 is 0. The molecule has 3 nitrogen and oxygen atoms in total. The average molecular weight is 252 g/mol. The smallest absolute Gasteiger partial charge is 0.127 e. The van der Waals surface area contributed by atoms with Gasteiger partial charge in [-0.1, -0.05) is 18.2 Å². The molecule has 0 bridgehead atoms. The molecule has 1 aromatic carbocycles. The number of nitrogens with one attached hydrogen (secondary N) is 1. The fraction of sp³-hybridized carbons (Fsp3) is 0.571. The maximum Gasteiger partial charge on any atom is 0.127 e. The molecule has 0 saturated carbocycles. The summed E-state index contributed by atoms with van der Waals surface area (Å²) in [6, 6.07) is 6.99. The van der Waals surface area contributed by atoms with E-state index < -0.39 is 0 Å². The molecule has 4 heteroatoms. The largest absolute Gasteiger partial charge is 0.379 e. The van der Waals surface area contributed by atoms with Crippen LogP contribution in [0.3, 0.4) is 0 Å². The van der Waals surface area contributed by atoms with Crippen molar-refractivity contribution >= 4 is 0 Å². The lowest BCUT2D eigenvalue weighted by atomic mass is 10.1. The maximum absolute atomic E-state index is 13.6. The van der Waals surface area contributed by atoms with Crippen molar-refractivity contribution in [2.45, 2.75) is 13.0 Å². The van der Waals surface area contributed by atoms with E-state index in [1.807, 2.05) is 19.1 Å². The van der Waals surface area contributed by atoms with Crippen LogP contribution in [0.15, 0.2) is 24.3 Å². The molecule has 0 radical (unpaired) electrons. The summed E-state index contributed by atoms with van der Waals surface area (Å²) in [4.78, 5) is 2.37. The fourth-order valence-corrected chi connectivity index (χ4v) is 2.20. The van der Waals surface area contributed by atoms with Crippen LogP contribution < -0.4 is 5.32 Å². The summed E-state index contributed by atoms with van der Waals surface area (Å²) < 4.78 is 18.9. The number of hydrogen-bond donors (Lipinski definition) is 1. The fourth-order valence-electron chi connectivity index (χ4n) is 2.20. The minimum atomic E-state index is -0.135. The van der Waals surface area contributed by atoms with Crippen LogP contribution in [0.2, 0.25) is 0 Å². The minimum Gasteiger partial charge on any atom is -0.379 e. The average Bonchev–Trinajstić information content (AvgIpc) is 2.40. The summed E-state index contributed by atoms with van der Waals surface area (Å²) in [7, 11) is 0. The van der Waals surface area contributed by atoms with Crippen LogP contribution in [0.5, 0.6) is 0 Å². The third-order valence-corrected chi connectivity index (χ3v) is 3.35. The highest BCUT2D eigenvalue weighted by Gasteiger charge is 2.12. The van der Waals surface area contributed by atoms with Gasteiger partial charge in [0.2, 0.25) is 0 Å². The Bertz CT molecular complexity index is 367. The predicted octanol–water partition coefficient (Wildman–Crippen LogP) is 1.81. The van der Waals surface area contributed by atoms with E-state index in [-0.39, 0.29) is 11.9 Å². The highest BCUT2D eigenvalue weighted by Crippen LogP contribution is 2.15. The van der Waals surface area contributed by atoms with E-state index in [9.17, 15) is 4.39 Å². The molecule has 2 rings (SSSR count). The molecule has 0 unspecified atom stereocenters. The Morgan fingerprint density at radius 2 is 2.06 bits per heavy atom. The summed E-state index contributed by atoms with van der Waals surface area (Å²) in [6.07, 6.45) is 0. The van der Waals surface area contributed by atoms with Gasteiger partial charge in [-0.3, -0.25) is 4.90 Å². The zero-order chi connectivity index (χ0) is 12.8. The Morgan fingerprint density at radius 1 is 1.33 bits per heavy atom. The van der Waals surface area contributed by atoms with Crippen molar-refractivity contribution in [3.05, 3.63) is 35.6 Å². The van der Waals surface area contributed by atoms with Crippen LogP contribution in [0.25, 0.3) is 0 Å². The summed E-state index contributed by atoms with van der Waals surface area (Å²) in [5.41, 5.74) is 0.736. The molecule has 1 fully saturated rings. The van der Waals surface area contributed by atoms with Crippen LogP contribution in [-0.2, 0) is 4.74 Å². The van der Waals surface area contributed by atoms with Crippen LogP contribution in [0.4, 0.5) is 4.39 Å². The molecule has 1 N–H and O–H groups in total. The summed E-state index contributed by atoms with van der Waals surface area (Å²) in [6.45, 7) is 7.49. The molecule has 1 saturated heterocycles. The first-order chi connectivity index (χ1) is 8.77. The van der Waals surface area contributed by atoms with Crippen molar-refractivity contribution in [2.24, 2.45) is 0 Å². The van der Waals surface area contributed by atoms with Crippen molar-refractivity contribution in [2.75, 3.05) is 39.4 Å². The molecule has 1 heterocycles. The first-order valence-corrected chi connectivity index (χ1v) is 6.55. The first kappa shape index (κ1) is 13.5. The predicted molar refractivity (Wildman–Crippen MR) is 70.1 cm³/mol. The van der Waals surface area contributed by atoms with Crippen molar-refractivity contribution in [3.63, 3.8) is 0 Å². The van der Waals surface area contributed by atoms with Gasteiger partial charge in [0.05, 0.1) is 13.2 Å². The zero-order valence-electron chi connectivity index (χ0n) is 10.9. The van der Waals surface area contributed by atoms with Crippen molar-refractivity contribution in [1.29, 1.82) is 0 Å². The van der Waals surface area contributed by atoms with Crippen LogP contribution >= 0.6 is 0 Å². The number of benzene rings is 1. The Labute approximate surface area is 108 Å². The Kier molecular flexibility index (Phi) is 5.11. The zero-order valence-corrected chi connectivity index (χ0v) is 10.9. The lowest BCUT2D eigenvalue weighted by Gasteiger charge is -2.27. The Balaban J connectivity index is 1.74. The van der Waals surface area contributed by atoms with E-state index in [2.05, 4.69) is 10.2 Å². The summed E-state index contributed by atoms with van der Waals surface area (Å²) in [5.74, 6) is -0.135. The molecule has 1 aromatic rings. The minimum absolute atomic E-state index is 0.0484. The van der Waals surface area contributed by atoms with Crippen molar-refractivity contribution in [1.82, 2.24) is 10.2 Å². The quantitative estimate of drug-likeness (QED) is 0.865. The topological polar surface area (TPSA) is 24.5 Å². The first-order valence-electron chi connectivity index (χ1n) is 6.55. The van der Waals surface area contributed by atoms with Gasteiger partial charge in [0.1, 0.15) is 5.82 Å². The van der Waals surface area contributed by atoms with Crippen molar-refractivity contribution in [3.8, 4) is 0 Å². The Hall–Kier alpha value is -0.970. The van der Waals surface area contributed by atoms with E-state index in [1.165, 1.54) is 6.07 Å². The Morgan fingerprint density at radius 3 is 2.78 bits per heavy atom. The molecule has 1 aliphatic heterocycles. The third-order valence-electron chi connectivity index (χ3n) is 3.35. The maximum atomic E-state index is 13.6. The molecule has 0 spiro atoms. The number of ether oxygens (including phenoxy) is 1. The number of halogens is 1. The van der Waals surface area contributed by atoms with Crippen LogP contribution in [0, 0.1) is 5.82 Å². The second kappa shape index (κ2) is 6.83. The number of nitrogens with zero attached hydrogens (tertiary/aromatic N) is 1. The SMILES string of the molecule is C[C@@H](NCCN1CCOCC1)c1ccccc1F. The molecule has 0 aromatic heterocycles. The van der Waals surface area contributed by atoms with Gasteiger partial charge in [0.15, 0.2) is 0 Å². The molecule has 18 heavy (non-hydrogen) atoms. The van der Waals surface area contributed by atoms with Crippen LogP contribution in [0.1, 0.15) is 18.5 Å². The lowest BCUT2D eigenvalue weighted by Crippen LogP contribution is -2.40. The van der Waals surface area contributed by atoms with Gasteiger partial charge in [-0.05, 0) is 13.0 Å². The third kappa shape index (κ3) is 3.77. The molecular weight excluding hydrogens is 231 g/mol. The number of morpholine rings is 1. The van der Waals surface area contributed by atoms with E-state index in [0.717, 1.165) is 45.0 Å². The van der Waals surface area contributed by atoms with Gasteiger partial charge in [0.25, 0.3) is 0 Å². The molecule has 100 valence electrons. The molecule has 1 aliphatic rings. The molecule has 0 amide bonds. The van der Waals surface area contributed by atoms with E-state index >= 15 is 0 Å². The monoisotopic (exact) mass is 252 g/mol. The standard InChI is InChI=1S/C14H21FN2O/c1-12(13-4-2-3-5-14(13)15)16-6-7-17-8-10-18-11-9-17/h2-5,12,16H,6-11H2,1H3/t12-/m1/s1. The van der Waals surface area contributed by atoms with Gasteiger partial charge in [-0.15, -0.1) is 0 Å². The van der Waals surface area contributed by atoms with E-state index in [1.54, 1.807) is 6.07 Å². The molecular formula is C14H21FN2O. The molecule has 0 aliphatic carbocycles. The molecule has 1 atom stereocenters. The normalized spacial score (nSPS) is 18.8. The highest BCUT2D eigenvalue weighted by atomic mass is 19.1. The van der Waals surface area contributed by atoms with Gasteiger partial charge in [-0.2, -0.15) is 0 Å². The highest BCUT2D eigenvalue weighted by molar-refractivity contribution is 5.20. The van der Waals surface area contributed by atoms with E-state index in [0.29, 0.717) is 0 Å². The number of rotatable bonds is 5. The number of hydrogen-bond acceptors (Lipinski definition) is 3. The van der Waals surface area contributed by atoms with Crippen molar-refractivity contribution < 1.29 is 9.13 Å².